The molecule has 0 fully saturated rings. The van der Waals surface area contributed by atoms with Gasteiger partial charge in [0.2, 0.25) is 5.82 Å². The van der Waals surface area contributed by atoms with Crippen LogP contribution in [0.2, 0.25) is 5.15 Å². The molecule has 4 aromatic heterocycles. The molecule has 0 unspecified atom stereocenters. The van der Waals surface area contributed by atoms with Crippen molar-refractivity contribution in [2.45, 2.75) is 19.2 Å². The lowest BCUT2D eigenvalue weighted by Crippen LogP contribution is -2.18. The summed E-state index contributed by atoms with van der Waals surface area (Å²) in [7, 11) is 1.55. The molecule has 0 saturated carbocycles. The molecule has 0 radical (unpaired) electrons. The number of halogens is 4. The van der Waals surface area contributed by atoms with Crippen LogP contribution in [0.25, 0.3) is 11.4 Å². The fourth-order valence-corrected chi connectivity index (χ4v) is 3.40. The van der Waals surface area contributed by atoms with Gasteiger partial charge in [-0.2, -0.15) is 13.2 Å². The van der Waals surface area contributed by atoms with Gasteiger partial charge in [0.05, 0.1) is 23.1 Å². The molecule has 196 valence electrons. The van der Waals surface area contributed by atoms with Gasteiger partial charge in [-0.15, -0.1) is 5.10 Å². The van der Waals surface area contributed by atoms with Crippen molar-refractivity contribution in [2.24, 2.45) is 7.05 Å². The van der Waals surface area contributed by atoms with Crippen molar-refractivity contribution < 1.29 is 27.5 Å². The second-order valence-corrected chi connectivity index (χ2v) is 8.00. The number of ether oxygens (including phenoxy) is 1. The summed E-state index contributed by atoms with van der Waals surface area (Å²) in [5, 5.41) is 13.2. The van der Waals surface area contributed by atoms with E-state index in [1.807, 2.05) is 0 Å². The van der Waals surface area contributed by atoms with E-state index in [1.165, 1.54) is 29.2 Å². The minimum Gasteiger partial charge on any atom is -0.441 e. The number of hydrogen-bond donors (Lipinski definition) is 2. The third kappa shape index (κ3) is 6.00. The van der Waals surface area contributed by atoms with E-state index in [-0.39, 0.29) is 27.9 Å². The number of rotatable bonds is 6. The van der Waals surface area contributed by atoms with Gasteiger partial charge in [-0.3, -0.25) is 15.1 Å². The zero-order valence-electron chi connectivity index (χ0n) is 19.6. The maximum absolute atomic E-state index is 12.6. The molecule has 2 amide bonds. The first-order valence-corrected chi connectivity index (χ1v) is 11.1. The standard InChI is InChI=1S/C22H17ClF3N9O3/c1-11(14-4-3-7-27-17(14)23)38-21(37)32-18-16(33-34-35(18)2)15-6-5-13(10-28-15)31-19(36)12-8-29-20(30-9-12)22(24,25)26/h3-11H,1-2H3,(H,31,36)(H,32,37)/t11-/m1/s1. The SMILES string of the molecule is C[C@@H](OC(=O)Nc1c(-c2ccc(NC(=O)c3cnc(C(F)(F)F)nc3)cn2)nnn1C)c1cccnc1Cl. The van der Waals surface area contributed by atoms with Gasteiger partial charge in [-0.05, 0) is 25.1 Å². The lowest BCUT2D eigenvalue weighted by Gasteiger charge is -2.15. The van der Waals surface area contributed by atoms with Crippen LogP contribution in [-0.4, -0.2) is 46.9 Å². The second-order valence-electron chi connectivity index (χ2n) is 7.65. The predicted octanol–water partition coefficient (Wildman–Crippen LogP) is 4.30. The molecular formula is C22H17ClF3N9O3. The number of aryl methyl sites for hydroxylation is 1. The quantitative estimate of drug-likeness (QED) is 0.337. The molecule has 0 aliphatic carbocycles. The highest BCUT2D eigenvalue weighted by Crippen LogP contribution is 2.27. The number of nitrogens with one attached hydrogen (secondary N) is 2. The average molecular weight is 548 g/mol. The summed E-state index contributed by atoms with van der Waals surface area (Å²) in [6, 6.07) is 6.32. The summed E-state index contributed by atoms with van der Waals surface area (Å²) in [6.45, 7) is 1.64. The Kier molecular flexibility index (Phi) is 7.47. The van der Waals surface area contributed by atoms with Crippen LogP contribution in [0.15, 0.2) is 49.1 Å². The number of amides is 2. The molecule has 0 aliphatic rings. The molecule has 2 N–H and O–H groups in total. The molecule has 0 saturated heterocycles. The molecule has 4 aromatic rings. The van der Waals surface area contributed by atoms with E-state index in [1.54, 1.807) is 26.1 Å². The summed E-state index contributed by atoms with van der Waals surface area (Å²) < 4.78 is 44.5. The highest BCUT2D eigenvalue weighted by Gasteiger charge is 2.34. The van der Waals surface area contributed by atoms with Crippen molar-refractivity contribution in [3.05, 3.63) is 71.2 Å². The van der Waals surface area contributed by atoms with Crippen LogP contribution in [-0.2, 0) is 18.0 Å². The molecule has 0 spiro atoms. The number of aromatic nitrogens is 7. The first-order valence-electron chi connectivity index (χ1n) is 10.7. The molecule has 0 bridgehead atoms. The monoisotopic (exact) mass is 547 g/mol. The Morgan fingerprint density at radius 3 is 2.42 bits per heavy atom. The van der Waals surface area contributed by atoms with Crippen molar-refractivity contribution in [2.75, 3.05) is 10.6 Å². The first-order chi connectivity index (χ1) is 18.0. The van der Waals surface area contributed by atoms with Crippen molar-refractivity contribution in [3.8, 4) is 11.4 Å². The Labute approximate surface area is 217 Å². The van der Waals surface area contributed by atoms with Gasteiger partial charge in [0.1, 0.15) is 11.3 Å². The topological polar surface area (TPSA) is 150 Å². The van der Waals surface area contributed by atoms with Crippen LogP contribution < -0.4 is 10.6 Å². The molecule has 38 heavy (non-hydrogen) atoms. The Morgan fingerprint density at radius 2 is 1.79 bits per heavy atom. The van der Waals surface area contributed by atoms with Crippen molar-refractivity contribution in [3.63, 3.8) is 0 Å². The molecule has 0 aliphatic heterocycles. The summed E-state index contributed by atoms with van der Waals surface area (Å²) in [5.41, 5.74) is 1.09. The highest BCUT2D eigenvalue weighted by atomic mass is 35.5. The van der Waals surface area contributed by atoms with Crippen molar-refractivity contribution in [1.82, 2.24) is 34.9 Å². The predicted molar refractivity (Wildman–Crippen MR) is 127 cm³/mol. The maximum Gasteiger partial charge on any atom is 0.451 e. The van der Waals surface area contributed by atoms with Crippen LogP contribution >= 0.6 is 11.6 Å². The smallest absolute Gasteiger partial charge is 0.441 e. The zero-order chi connectivity index (χ0) is 27.4. The summed E-state index contributed by atoms with van der Waals surface area (Å²) in [4.78, 5) is 39.3. The Morgan fingerprint density at radius 1 is 1.05 bits per heavy atom. The summed E-state index contributed by atoms with van der Waals surface area (Å²) in [6.07, 6.45) is -1.87. The van der Waals surface area contributed by atoms with E-state index in [9.17, 15) is 22.8 Å². The van der Waals surface area contributed by atoms with Crippen molar-refractivity contribution >= 4 is 35.1 Å². The highest BCUT2D eigenvalue weighted by molar-refractivity contribution is 6.30. The number of carbonyl (C=O) groups is 2. The summed E-state index contributed by atoms with van der Waals surface area (Å²) in [5.74, 6) is -1.90. The van der Waals surface area contributed by atoms with Crippen LogP contribution in [0.5, 0.6) is 0 Å². The van der Waals surface area contributed by atoms with Gasteiger partial charge < -0.3 is 10.1 Å². The minimum atomic E-state index is -4.72. The van der Waals surface area contributed by atoms with Crippen LogP contribution in [0.3, 0.4) is 0 Å². The van der Waals surface area contributed by atoms with E-state index < -0.39 is 30.1 Å². The van der Waals surface area contributed by atoms with Crippen LogP contribution in [0.1, 0.15) is 34.8 Å². The van der Waals surface area contributed by atoms with Crippen molar-refractivity contribution in [1.29, 1.82) is 0 Å². The number of anilines is 2. The van der Waals surface area contributed by atoms with E-state index in [0.29, 0.717) is 11.3 Å². The number of carbonyl (C=O) groups excluding carboxylic acids is 2. The third-order valence-electron chi connectivity index (χ3n) is 4.99. The van der Waals surface area contributed by atoms with E-state index in [0.717, 1.165) is 12.4 Å². The first kappa shape index (κ1) is 26.4. The maximum atomic E-state index is 12.6. The molecule has 12 nitrogen and oxygen atoms in total. The Hall–Kier alpha value is -4.66. The van der Waals surface area contributed by atoms with Gasteiger partial charge in [0, 0.05) is 31.2 Å². The van der Waals surface area contributed by atoms with E-state index in [4.69, 9.17) is 16.3 Å². The molecule has 1 atom stereocenters. The minimum absolute atomic E-state index is 0.178. The number of nitrogens with zero attached hydrogens (tertiary/aromatic N) is 7. The normalized spacial score (nSPS) is 12.1. The van der Waals surface area contributed by atoms with Gasteiger partial charge in [-0.1, -0.05) is 22.9 Å². The van der Waals surface area contributed by atoms with Gasteiger partial charge in [0.25, 0.3) is 5.91 Å². The van der Waals surface area contributed by atoms with E-state index >= 15 is 0 Å². The zero-order valence-corrected chi connectivity index (χ0v) is 20.3. The molecule has 16 heteroatoms. The Bertz CT molecular complexity index is 1460. The fourth-order valence-electron chi connectivity index (χ4n) is 3.12. The lowest BCUT2D eigenvalue weighted by molar-refractivity contribution is -0.145. The number of alkyl halides is 3. The third-order valence-corrected chi connectivity index (χ3v) is 5.30. The van der Waals surface area contributed by atoms with Crippen LogP contribution in [0, 0.1) is 0 Å². The van der Waals surface area contributed by atoms with Gasteiger partial charge in [-0.25, -0.2) is 24.4 Å². The number of hydrogen-bond acceptors (Lipinski definition) is 9. The fraction of sp³-hybridized carbons (Fsp3) is 0.182. The molecule has 0 aromatic carbocycles. The van der Waals surface area contributed by atoms with Gasteiger partial charge in [0.15, 0.2) is 11.5 Å². The molecule has 4 rings (SSSR count). The number of pyridine rings is 2. The van der Waals surface area contributed by atoms with Gasteiger partial charge >= 0.3 is 12.3 Å². The summed E-state index contributed by atoms with van der Waals surface area (Å²) >= 11 is 6.05. The average Bonchev–Trinajstić information content (AvgIpc) is 3.23. The van der Waals surface area contributed by atoms with Crippen LogP contribution in [0.4, 0.5) is 29.5 Å². The van der Waals surface area contributed by atoms with E-state index in [2.05, 4.69) is 40.9 Å². The molecular weight excluding hydrogens is 531 g/mol. The second kappa shape index (κ2) is 10.8. The Balaban J connectivity index is 1.43. The lowest BCUT2D eigenvalue weighted by atomic mass is 10.2. The largest absolute Gasteiger partial charge is 0.451 e. The molecule has 4 heterocycles.